The van der Waals surface area contributed by atoms with Gasteiger partial charge in [0.15, 0.2) is 5.65 Å². The summed E-state index contributed by atoms with van der Waals surface area (Å²) in [4.78, 5) is 6.70. The highest BCUT2D eigenvalue weighted by molar-refractivity contribution is 5.92. The van der Waals surface area contributed by atoms with Crippen LogP contribution in [0, 0.1) is 0 Å². The third kappa shape index (κ3) is 5.32. The molecule has 0 fully saturated rings. The second kappa shape index (κ2) is 9.60. The van der Waals surface area contributed by atoms with Crippen molar-refractivity contribution >= 4 is 11.0 Å². The van der Waals surface area contributed by atoms with Crippen molar-refractivity contribution in [1.82, 2.24) is 19.7 Å². The normalized spacial score (nSPS) is 11.8. The van der Waals surface area contributed by atoms with Gasteiger partial charge in [0.05, 0.1) is 5.69 Å². The van der Waals surface area contributed by atoms with E-state index in [-0.39, 0.29) is 0 Å². The minimum atomic E-state index is -0.417. The highest BCUT2D eigenvalue weighted by Crippen LogP contribution is 2.31. The first-order valence-corrected chi connectivity index (χ1v) is 11.1. The molecular formula is C26H31N5O2. The molecule has 0 bridgehead atoms. The summed E-state index contributed by atoms with van der Waals surface area (Å²) in [5, 5.41) is 5.91. The van der Waals surface area contributed by atoms with Crippen molar-refractivity contribution in [2.24, 2.45) is 5.73 Å². The van der Waals surface area contributed by atoms with E-state index in [9.17, 15) is 0 Å². The number of hydrogen-bond acceptors (Lipinski definition) is 6. The molecule has 4 rings (SSSR count). The fourth-order valence-corrected chi connectivity index (χ4v) is 3.44. The fraction of sp³-hybridized carbons (Fsp3) is 0.308. The Bertz CT molecular complexity index is 1220. The van der Waals surface area contributed by atoms with Crippen LogP contribution in [-0.2, 0) is 0 Å². The molecule has 0 spiro atoms. The zero-order valence-electron chi connectivity index (χ0n) is 19.7. The molecule has 0 aliphatic rings. The van der Waals surface area contributed by atoms with Crippen molar-refractivity contribution in [1.29, 1.82) is 0 Å². The van der Waals surface area contributed by atoms with Crippen LogP contribution in [0.4, 0.5) is 0 Å². The molecule has 0 unspecified atom stereocenters. The minimum Gasteiger partial charge on any atom is -0.492 e. The SMILES string of the molecule is CN(C)CCOc1cccc(-n2nc(-c3ccc(OC(C)(C)CN)cc3)c3cccnc32)c1. The quantitative estimate of drug-likeness (QED) is 0.417. The Morgan fingerprint density at radius 1 is 1.00 bits per heavy atom. The number of aromatic nitrogens is 3. The monoisotopic (exact) mass is 445 g/mol. The summed E-state index contributed by atoms with van der Waals surface area (Å²) in [7, 11) is 4.06. The Hall–Kier alpha value is -3.42. The average molecular weight is 446 g/mol. The van der Waals surface area contributed by atoms with E-state index < -0.39 is 5.60 Å². The van der Waals surface area contributed by atoms with Crippen molar-refractivity contribution in [3.8, 4) is 28.4 Å². The van der Waals surface area contributed by atoms with Gasteiger partial charge < -0.3 is 20.1 Å². The number of pyridine rings is 1. The Morgan fingerprint density at radius 3 is 2.52 bits per heavy atom. The van der Waals surface area contributed by atoms with Gasteiger partial charge in [0, 0.05) is 36.3 Å². The molecule has 0 aliphatic carbocycles. The van der Waals surface area contributed by atoms with Crippen molar-refractivity contribution < 1.29 is 9.47 Å². The summed E-state index contributed by atoms with van der Waals surface area (Å²) in [6.45, 7) is 5.85. The number of hydrogen-bond donors (Lipinski definition) is 1. The standard InChI is InChI=1S/C26H31N5O2/c1-26(2,18-27)33-21-12-10-19(11-13-21)24-23-9-6-14-28-25(23)31(29-24)20-7-5-8-22(17-20)32-16-15-30(3)4/h5-14,17H,15-16,18,27H2,1-4H3. The highest BCUT2D eigenvalue weighted by Gasteiger charge is 2.18. The molecule has 2 N–H and O–H groups in total. The Morgan fingerprint density at radius 2 is 1.79 bits per heavy atom. The van der Waals surface area contributed by atoms with Gasteiger partial charge in [-0.05, 0) is 76.5 Å². The maximum absolute atomic E-state index is 5.98. The molecule has 2 aromatic heterocycles. The van der Waals surface area contributed by atoms with Crippen LogP contribution in [0.1, 0.15) is 13.8 Å². The van der Waals surface area contributed by atoms with Crippen LogP contribution in [0.15, 0.2) is 66.9 Å². The number of ether oxygens (including phenoxy) is 2. The molecule has 0 saturated carbocycles. The topological polar surface area (TPSA) is 78.4 Å². The summed E-state index contributed by atoms with van der Waals surface area (Å²) < 4.78 is 13.8. The molecular weight excluding hydrogens is 414 g/mol. The van der Waals surface area contributed by atoms with Gasteiger partial charge in [0.2, 0.25) is 0 Å². The largest absolute Gasteiger partial charge is 0.492 e. The number of nitrogens with zero attached hydrogens (tertiary/aromatic N) is 4. The van der Waals surface area contributed by atoms with Gasteiger partial charge in [0.1, 0.15) is 29.4 Å². The van der Waals surface area contributed by atoms with E-state index in [1.54, 1.807) is 6.20 Å². The van der Waals surface area contributed by atoms with Gasteiger partial charge in [-0.3, -0.25) is 0 Å². The summed E-state index contributed by atoms with van der Waals surface area (Å²) in [5.74, 6) is 1.58. The van der Waals surface area contributed by atoms with E-state index >= 15 is 0 Å². The van der Waals surface area contributed by atoms with Gasteiger partial charge in [-0.15, -0.1) is 0 Å². The second-order valence-electron chi connectivity index (χ2n) is 8.87. The van der Waals surface area contributed by atoms with Gasteiger partial charge in [-0.1, -0.05) is 6.07 Å². The van der Waals surface area contributed by atoms with Crippen molar-refractivity contribution in [3.05, 3.63) is 66.9 Å². The number of benzene rings is 2. The lowest BCUT2D eigenvalue weighted by Crippen LogP contribution is -2.37. The number of rotatable bonds is 9. The van der Waals surface area contributed by atoms with Gasteiger partial charge in [0.25, 0.3) is 0 Å². The van der Waals surface area contributed by atoms with E-state index in [4.69, 9.17) is 20.3 Å². The van der Waals surface area contributed by atoms with Crippen LogP contribution < -0.4 is 15.2 Å². The van der Waals surface area contributed by atoms with Gasteiger partial charge >= 0.3 is 0 Å². The molecule has 4 aromatic rings. The van der Waals surface area contributed by atoms with E-state index in [0.717, 1.165) is 46.0 Å². The molecule has 2 aromatic carbocycles. The smallest absolute Gasteiger partial charge is 0.163 e. The summed E-state index contributed by atoms with van der Waals surface area (Å²) >= 11 is 0. The predicted octanol–water partition coefficient (Wildman–Crippen LogP) is 4.14. The zero-order valence-corrected chi connectivity index (χ0v) is 19.7. The summed E-state index contributed by atoms with van der Waals surface area (Å²) in [5.41, 5.74) is 8.92. The molecule has 2 heterocycles. The molecule has 0 amide bonds. The van der Waals surface area contributed by atoms with Crippen LogP contribution in [0.3, 0.4) is 0 Å². The lowest BCUT2D eigenvalue weighted by molar-refractivity contribution is 0.119. The van der Waals surface area contributed by atoms with Crippen LogP contribution in [0.25, 0.3) is 28.0 Å². The van der Waals surface area contributed by atoms with Crippen LogP contribution in [0.5, 0.6) is 11.5 Å². The Kier molecular flexibility index (Phi) is 6.62. The predicted molar refractivity (Wildman–Crippen MR) is 132 cm³/mol. The molecule has 33 heavy (non-hydrogen) atoms. The zero-order chi connectivity index (χ0) is 23.4. The molecule has 0 saturated heterocycles. The Labute approximate surface area is 194 Å². The number of nitrogens with two attached hydrogens (primary N) is 1. The molecule has 0 atom stereocenters. The average Bonchev–Trinajstić information content (AvgIpc) is 3.19. The lowest BCUT2D eigenvalue weighted by atomic mass is 10.1. The van der Waals surface area contributed by atoms with Gasteiger partial charge in [-0.2, -0.15) is 5.10 Å². The van der Waals surface area contributed by atoms with Crippen molar-refractivity contribution in [2.45, 2.75) is 19.4 Å². The maximum Gasteiger partial charge on any atom is 0.163 e. The minimum absolute atomic E-state index is 0.417. The van der Waals surface area contributed by atoms with Crippen molar-refractivity contribution in [2.75, 3.05) is 33.8 Å². The summed E-state index contributed by atoms with van der Waals surface area (Å²) in [6.07, 6.45) is 1.79. The third-order valence-corrected chi connectivity index (χ3v) is 5.33. The maximum atomic E-state index is 5.98. The van der Waals surface area contributed by atoms with Crippen LogP contribution >= 0.6 is 0 Å². The summed E-state index contributed by atoms with van der Waals surface area (Å²) in [6, 6.07) is 19.8. The second-order valence-corrected chi connectivity index (χ2v) is 8.87. The molecule has 7 heteroatoms. The van der Waals surface area contributed by atoms with E-state index in [1.807, 2.05) is 93.3 Å². The first kappa shape index (κ1) is 22.8. The van der Waals surface area contributed by atoms with Crippen molar-refractivity contribution in [3.63, 3.8) is 0 Å². The number of likely N-dealkylation sites (N-methyl/N-ethyl adjacent to an activating group) is 1. The third-order valence-electron chi connectivity index (χ3n) is 5.33. The molecule has 0 aliphatic heterocycles. The first-order valence-electron chi connectivity index (χ1n) is 11.1. The molecule has 7 nitrogen and oxygen atoms in total. The fourth-order valence-electron chi connectivity index (χ4n) is 3.44. The van der Waals surface area contributed by atoms with E-state index in [2.05, 4.69) is 9.88 Å². The van der Waals surface area contributed by atoms with Crippen LogP contribution in [0.2, 0.25) is 0 Å². The first-order chi connectivity index (χ1) is 15.9. The highest BCUT2D eigenvalue weighted by atomic mass is 16.5. The number of fused-ring (bicyclic) bond motifs is 1. The lowest BCUT2D eigenvalue weighted by Gasteiger charge is -2.24. The van der Waals surface area contributed by atoms with Crippen LogP contribution in [-0.4, -0.2) is 59.1 Å². The van der Waals surface area contributed by atoms with Gasteiger partial charge in [-0.25, -0.2) is 9.67 Å². The molecule has 172 valence electrons. The van der Waals surface area contributed by atoms with E-state index in [1.165, 1.54) is 0 Å². The Balaban J connectivity index is 1.67. The molecule has 0 radical (unpaired) electrons. The van der Waals surface area contributed by atoms with E-state index in [0.29, 0.717) is 13.2 Å².